The molecule has 0 aliphatic carbocycles. The summed E-state index contributed by atoms with van der Waals surface area (Å²) >= 11 is 0. The summed E-state index contributed by atoms with van der Waals surface area (Å²) in [6, 6.07) is 5.90. The van der Waals surface area contributed by atoms with Crippen LogP contribution < -0.4 is 5.32 Å². The molecule has 29 heavy (non-hydrogen) atoms. The maximum Gasteiger partial charge on any atom is 0.243 e. The largest absolute Gasteiger partial charge is 0.325 e. The maximum absolute atomic E-state index is 12.5. The zero-order chi connectivity index (χ0) is 21.8. The summed E-state index contributed by atoms with van der Waals surface area (Å²) in [5.74, 6) is -0.154. The van der Waals surface area contributed by atoms with Crippen molar-refractivity contribution in [1.82, 2.24) is 13.5 Å². The molecule has 0 radical (unpaired) electrons. The fourth-order valence-corrected chi connectivity index (χ4v) is 5.36. The van der Waals surface area contributed by atoms with E-state index in [1.54, 1.807) is 32.9 Å². The first-order valence-corrected chi connectivity index (χ1v) is 12.6. The fraction of sp³-hybridized carbons (Fsp3) is 0.611. The number of sulfonamides is 2. The first-order valence-electron chi connectivity index (χ1n) is 9.55. The Bertz CT molecular complexity index is 906. The van der Waals surface area contributed by atoms with Gasteiger partial charge in [0, 0.05) is 45.0 Å². The van der Waals surface area contributed by atoms with Gasteiger partial charge in [-0.05, 0) is 45.0 Å². The molecule has 0 bridgehead atoms. The van der Waals surface area contributed by atoms with Crippen LogP contribution >= 0.6 is 0 Å². The van der Waals surface area contributed by atoms with Crippen LogP contribution in [0.4, 0.5) is 5.69 Å². The third-order valence-corrected chi connectivity index (χ3v) is 8.93. The molecule has 0 saturated carbocycles. The van der Waals surface area contributed by atoms with Gasteiger partial charge in [0.2, 0.25) is 26.0 Å². The summed E-state index contributed by atoms with van der Waals surface area (Å²) in [5.41, 5.74) is 0.508. The number of rotatable bonds is 8. The van der Waals surface area contributed by atoms with Crippen molar-refractivity contribution in [2.45, 2.75) is 31.7 Å². The Morgan fingerprint density at radius 3 is 2.10 bits per heavy atom. The van der Waals surface area contributed by atoms with E-state index in [1.165, 1.54) is 27.8 Å². The summed E-state index contributed by atoms with van der Waals surface area (Å²) in [4.78, 5) is 14.3. The molecule has 0 spiro atoms. The second-order valence-corrected chi connectivity index (χ2v) is 11.5. The third-order valence-electron chi connectivity index (χ3n) is 5.00. The average Bonchev–Trinajstić information content (AvgIpc) is 2.68. The van der Waals surface area contributed by atoms with Gasteiger partial charge in [-0.15, -0.1) is 0 Å². The lowest BCUT2D eigenvalue weighted by molar-refractivity contribution is -0.117. The Hall–Kier alpha value is -1.53. The molecule has 0 aromatic heterocycles. The van der Waals surface area contributed by atoms with E-state index in [1.807, 2.05) is 4.90 Å². The second-order valence-electron chi connectivity index (χ2n) is 7.26. The van der Waals surface area contributed by atoms with Crippen LogP contribution in [-0.2, 0) is 24.8 Å². The van der Waals surface area contributed by atoms with Gasteiger partial charge in [0.15, 0.2) is 0 Å². The van der Waals surface area contributed by atoms with Crippen molar-refractivity contribution in [3.8, 4) is 0 Å². The first kappa shape index (κ1) is 23.7. The molecule has 1 fully saturated rings. The fourth-order valence-electron chi connectivity index (χ4n) is 2.91. The molecular formula is C18H30N4O5S2. The van der Waals surface area contributed by atoms with E-state index in [-0.39, 0.29) is 29.1 Å². The normalized spacial score (nSPS) is 17.0. The van der Waals surface area contributed by atoms with Gasteiger partial charge in [-0.25, -0.2) is 16.8 Å². The lowest BCUT2D eigenvalue weighted by Crippen LogP contribution is -2.50. The first-order chi connectivity index (χ1) is 13.5. The predicted octanol–water partition coefficient (Wildman–Crippen LogP) is 0.621. The zero-order valence-corrected chi connectivity index (χ0v) is 19.0. The highest BCUT2D eigenvalue weighted by Crippen LogP contribution is 2.19. The van der Waals surface area contributed by atoms with E-state index >= 15 is 0 Å². The molecule has 164 valence electrons. The van der Waals surface area contributed by atoms with Gasteiger partial charge < -0.3 is 5.32 Å². The summed E-state index contributed by atoms with van der Waals surface area (Å²) < 4.78 is 51.5. The molecule has 9 nitrogen and oxygen atoms in total. The number of carbonyl (C=O) groups excluding carboxylic acids is 1. The van der Waals surface area contributed by atoms with Crippen molar-refractivity contribution in [2.24, 2.45) is 0 Å². The Morgan fingerprint density at radius 2 is 1.62 bits per heavy atom. The van der Waals surface area contributed by atoms with Crippen LogP contribution in [-0.4, -0.2) is 87.8 Å². The van der Waals surface area contributed by atoms with Gasteiger partial charge in [0.1, 0.15) is 0 Å². The summed E-state index contributed by atoms with van der Waals surface area (Å²) in [6.07, 6.45) is 0. The molecule has 1 aliphatic heterocycles. The number of hydrogen-bond donors (Lipinski definition) is 1. The van der Waals surface area contributed by atoms with Crippen molar-refractivity contribution in [3.05, 3.63) is 24.3 Å². The molecule has 1 N–H and O–H groups in total. The maximum atomic E-state index is 12.5. The molecule has 11 heteroatoms. The van der Waals surface area contributed by atoms with E-state index in [4.69, 9.17) is 0 Å². The second kappa shape index (κ2) is 9.52. The Kier molecular flexibility index (Phi) is 7.80. The standard InChI is InChI=1S/C18H30N4O5S2/c1-5-28(24,25)22-12-10-21(11-13-22)14-18(23)19-16-6-8-17(9-7-16)29(26,27)20(4)15(2)3/h6-9,15H,5,10-14H2,1-4H3,(H,19,23). The number of nitrogens with zero attached hydrogens (tertiary/aromatic N) is 3. The Balaban J connectivity index is 1.91. The molecule has 1 amide bonds. The Morgan fingerprint density at radius 1 is 1.07 bits per heavy atom. The van der Waals surface area contributed by atoms with Crippen LogP contribution in [0.5, 0.6) is 0 Å². The average molecular weight is 447 g/mol. The number of anilines is 1. The number of amides is 1. The van der Waals surface area contributed by atoms with Crippen LogP contribution in [0.1, 0.15) is 20.8 Å². The highest BCUT2D eigenvalue weighted by atomic mass is 32.2. The molecular weight excluding hydrogens is 416 g/mol. The molecule has 1 aromatic rings. The van der Waals surface area contributed by atoms with Crippen LogP contribution in [0.2, 0.25) is 0 Å². The predicted molar refractivity (Wildman–Crippen MR) is 113 cm³/mol. The smallest absolute Gasteiger partial charge is 0.243 e. The molecule has 1 aromatic carbocycles. The van der Waals surface area contributed by atoms with Crippen LogP contribution in [0, 0.1) is 0 Å². The molecule has 1 heterocycles. The number of carbonyl (C=O) groups is 1. The highest BCUT2D eigenvalue weighted by molar-refractivity contribution is 7.89. The number of hydrogen-bond acceptors (Lipinski definition) is 6. The lowest BCUT2D eigenvalue weighted by Gasteiger charge is -2.33. The molecule has 1 saturated heterocycles. The topological polar surface area (TPSA) is 107 Å². The molecule has 0 atom stereocenters. The molecule has 0 unspecified atom stereocenters. The van der Waals surface area contributed by atoms with E-state index in [0.717, 1.165) is 0 Å². The SMILES string of the molecule is CCS(=O)(=O)N1CCN(CC(=O)Nc2ccc(S(=O)(=O)N(C)C(C)C)cc2)CC1. The summed E-state index contributed by atoms with van der Waals surface area (Å²) in [5, 5.41) is 2.75. The number of piperazine rings is 1. The zero-order valence-electron chi connectivity index (χ0n) is 17.3. The molecule has 1 aliphatic rings. The van der Waals surface area contributed by atoms with Gasteiger partial charge in [0.25, 0.3) is 0 Å². The van der Waals surface area contributed by atoms with Crippen LogP contribution in [0.25, 0.3) is 0 Å². The van der Waals surface area contributed by atoms with Crippen LogP contribution in [0.3, 0.4) is 0 Å². The van der Waals surface area contributed by atoms with Crippen molar-refractivity contribution in [1.29, 1.82) is 0 Å². The lowest BCUT2D eigenvalue weighted by atomic mass is 10.3. The van der Waals surface area contributed by atoms with Crippen molar-refractivity contribution in [2.75, 3.05) is 50.8 Å². The number of benzene rings is 1. The van der Waals surface area contributed by atoms with Crippen molar-refractivity contribution >= 4 is 31.6 Å². The van der Waals surface area contributed by atoms with Gasteiger partial charge in [-0.2, -0.15) is 8.61 Å². The minimum absolute atomic E-state index is 0.0756. The summed E-state index contributed by atoms with van der Waals surface area (Å²) in [6.45, 7) is 7.09. The van der Waals surface area contributed by atoms with Gasteiger partial charge in [-0.1, -0.05) is 0 Å². The third kappa shape index (κ3) is 5.98. The van der Waals surface area contributed by atoms with Gasteiger partial charge >= 0.3 is 0 Å². The Labute approximate surface area is 173 Å². The number of nitrogens with one attached hydrogen (secondary N) is 1. The monoisotopic (exact) mass is 446 g/mol. The van der Waals surface area contributed by atoms with Crippen LogP contribution in [0.15, 0.2) is 29.2 Å². The highest BCUT2D eigenvalue weighted by Gasteiger charge is 2.26. The van der Waals surface area contributed by atoms with Crippen molar-refractivity contribution < 1.29 is 21.6 Å². The molecule has 2 rings (SSSR count). The summed E-state index contributed by atoms with van der Waals surface area (Å²) in [7, 11) is -5.23. The van der Waals surface area contributed by atoms with E-state index in [2.05, 4.69) is 5.32 Å². The van der Waals surface area contributed by atoms with E-state index in [0.29, 0.717) is 31.9 Å². The van der Waals surface area contributed by atoms with Crippen molar-refractivity contribution in [3.63, 3.8) is 0 Å². The van der Waals surface area contributed by atoms with Gasteiger partial charge in [-0.3, -0.25) is 9.69 Å². The van der Waals surface area contributed by atoms with E-state index in [9.17, 15) is 21.6 Å². The van der Waals surface area contributed by atoms with Gasteiger partial charge in [0.05, 0.1) is 17.2 Å². The minimum Gasteiger partial charge on any atom is -0.325 e. The van der Waals surface area contributed by atoms with E-state index < -0.39 is 20.0 Å². The minimum atomic E-state index is -3.57. The quantitative estimate of drug-likeness (QED) is 0.627.